The number of rotatable bonds is 0. The van der Waals surface area contributed by atoms with E-state index in [1.54, 1.807) is 0 Å². The van der Waals surface area contributed by atoms with Crippen LogP contribution in [0.15, 0.2) is 28.7 Å². The lowest BCUT2D eigenvalue weighted by Gasteiger charge is -2.10. The Hall–Kier alpha value is -1.61. The van der Waals surface area contributed by atoms with Gasteiger partial charge in [-0.15, -0.1) is 0 Å². The first-order valence-corrected chi connectivity index (χ1v) is 5.48. The van der Waals surface area contributed by atoms with Crippen LogP contribution in [0.2, 0.25) is 0 Å². The summed E-state index contributed by atoms with van der Waals surface area (Å²) in [6.07, 6.45) is 1.06. The lowest BCUT2D eigenvalue weighted by Crippen LogP contribution is -2.02. The van der Waals surface area contributed by atoms with Crippen LogP contribution in [0.1, 0.15) is 34.6 Å². The number of oxazole rings is 1. The van der Waals surface area contributed by atoms with Gasteiger partial charge >= 0.3 is 0 Å². The molecule has 0 saturated heterocycles. The Morgan fingerprint density at radius 3 is 3.00 bits per heavy atom. The maximum absolute atomic E-state index is 10.3. The Morgan fingerprint density at radius 2 is 2.12 bits per heavy atom. The molecule has 0 saturated carbocycles. The topological polar surface area (TPSA) is 46.3 Å². The summed E-state index contributed by atoms with van der Waals surface area (Å²) in [4.78, 5) is 4.27. The first kappa shape index (κ1) is 9.60. The van der Waals surface area contributed by atoms with Crippen molar-refractivity contribution in [1.29, 1.82) is 0 Å². The fourth-order valence-electron chi connectivity index (χ4n) is 2.30. The van der Waals surface area contributed by atoms with Gasteiger partial charge in [0, 0.05) is 13.3 Å². The molecule has 1 aromatic carbocycles. The number of aliphatic hydroxyl groups excluding tert-OH is 1. The van der Waals surface area contributed by atoms with Crippen molar-refractivity contribution in [2.75, 3.05) is 0 Å². The van der Waals surface area contributed by atoms with Crippen LogP contribution in [0.4, 0.5) is 0 Å². The van der Waals surface area contributed by atoms with Crippen molar-refractivity contribution in [3.05, 3.63) is 52.7 Å². The zero-order valence-corrected chi connectivity index (χ0v) is 9.10. The predicted octanol–water partition coefficient (Wildman–Crippen LogP) is 2.16. The highest BCUT2D eigenvalue weighted by Crippen LogP contribution is 2.31. The zero-order chi connectivity index (χ0) is 11.1. The standard InChI is InChI=1S/C13H13NO2/c1-8-14-12-11(16-8)7-6-9-4-2-3-5-10(9)13(12)15/h2-5,13,15H,6-7H2,1H3/t13-/m1/s1. The van der Waals surface area contributed by atoms with E-state index in [0.29, 0.717) is 11.6 Å². The van der Waals surface area contributed by atoms with Crippen LogP contribution in [-0.2, 0) is 12.8 Å². The molecular formula is C13H13NO2. The third kappa shape index (κ3) is 1.36. The molecule has 0 aliphatic heterocycles. The van der Waals surface area contributed by atoms with Crippen LogP contribution in [0.3, 0.4) is 0 Å². The number of benzene rings is 1. The van der Waals surface area contributed by atoms with Crippen molar-refractivity contribution in [2.24, 2.45) is 0 Å². The zero-order valence-electron chi connectivity index (χ0n) is 9.10. The fraction of sp³-hybridized carbons (Fsp3) is 0.308. The molecule has 0 radical (unpaired) electrons. The van der Waals surface area contributed by atoms with E-state index < -0.39 is 6.10 Å². The summed E-state index contributed by atoms with van der Waals surface area (Å²) in [6, 6.07) is 7.95. The highest BCUT2D eigenvalue weighted by atomic mass is 16.4. The van der Waals surface area contributed by atoms with Crippen LogP contribution in [-0.4, -0.2) is 10.1 Å². The van der Waals surface area contributed by atoms with E-state index in [9.17, 15) is 5.11 Å². The molecule has 0 spiro atoms. The average molecular weight is 215 g/mol. The summed E-state index contributed by atoms with van der Waals surface area (Å²) in [5.74, 6) is 1.45. The van der Waals surface area contributed by atoms with Gasteiger partial charge in [-0.3, -0.25) is 0 Å². The molecule has 1 aromatic heterocycles. The van der Waals surface area contributed by atoms with Crippen molar-refractivity contribution >= 4 is 0 Å². The first-order chi connectivity index (χ1) is 7.75. The van der Waals surface area contributed by atoms with Crippen molar-refractivity contribution in [1.82, 2.24) is 4.98 Å². The Bertz CT molecular complexity index is 530. The second kappa shape index (κ2) is 3.46. The van der Waals surface area contributed by atoms with E-state index in [-0.39, 0.29) is 0 Å². The van der Waals surface area contributed by atoms with Crippen LogP contribution in [0.25, 0.3) is 0 Å². The maximum atomic E-state index is 10.3. The van der Waals surface area contributed by atoms with Gasteiger partial charge < -0.3 is 9.52 Å². The maximum Gasteiger partial charge on any atom is 0.191 e. The quantitative estimate of drug-likeness (QED) is 0.732. The van der Waals surface area contributed by atoms with E-state index >= 15 is 0 Å². The van der Waals surface area contributed by atoms with Gasteiger partial charge in [-0.2, -0.15) is 0 Å². The van der Waals surface area contributed by atoms with Gasteiger partial charge in [-0.1, -0.05) is 24.3 Å². The summed E-state index contributed by atoms with van der Waals surface area (Å²) in [5.41, 5.74) is 2.82. The molecule has 3 rings (SSSR count). The fourth-order valence-corrected chi connectivity index (χ4v) is 2.30. The number of fused-ring (bicyclic) bond motifs is 2. The molecule has 3 nitrogen and oxygen atoms in total. The summed E-state index contributed by atoms with van der Waals surface area (Å²) in [5, 5.41) is 10.3. The molecule has 0 bridgehead atoms. The van der Waals surface area contributed by atoms with Crippen LogP contribution in [0, 0.1) is 6.92 Å². The normalized spacial score (nSPS) is 18.8. The molecule has 0 fully saturated rings. The second-order valence-corrected chi connectivity index (χ2v) is 4.14. The highest BCUT2D eigenvalue weighted by Gasteiger charge is 2.25. The van der Waals surface area contributed by atoms with E-state index in [1.807, 2.05) is 25.1 Å². The third-order valence-electron chi connectivity index (χ3n) is 3.06. The largest absolute Gasteiger partial charge is 0.446 e. The summed E-state index contributed by atoms with van der Waals surface area (Å²) in [6.45, 7) is 1.81. The molecule has 16 heavy (non-hydrogen) atoms. The van der Waals surface area contributed by atoms with E-state index in [1.165, 1.54) is 5.56 Å². The number of hydrogen-bond donors (Lipinski definition) is 1. The van der Waals surface area contributed by atoms with Crippen LogP contribution >= 0.6 is 0 Å². The number of aryl methyl sites for hydroxylation is 3. The van der Waals surface area contributed by atoms with Gasteiger partial charge in [-0.05, 0) is 17.5 Å². The van der Waals surface area contributed by atoms with E-state index in [2.05, 4.69) is 11.1 Å². The Labute approximate surface area is 93.8 Å². The third-order valence-corrected chi connectivity index (χ3v) is 3.06. The monoisotopic (exact) mass is 215 g/mol. The molecule has 1 atom stereocenters. The van der Waals surface area contributed by atoms with Crippen LogP contribution in [0.5, 0.6) is 0 Å². The SMILES string of the molecule is Cc1nc2c(o1)CCc1ccccc1[C@H]2O. The molecule has 1 N–H and O–H groups in total. The van der Waals surface area contributed by atoms with Gasteiger partial charge in [0.25, 0.3) is 0 Å². The highest BCUT2D eigenvalue weighted by molar-refractivity contribution is 5.37. The van der Waals surface area contributed by atoms with E-state index in [0.717, 1.165) is 24.2 Å². The second-order valence-electron chi connectivity index (χ2n) is 4.14. The van der Waals surface area contributed by atoms with Crippen molar-refractivity contribution in [2.45, 2.75) is 25.9 Å². The molecule has 3 heteroatoms. The molecule has 2 aromatic rings. The molecule has 1 aliphatic rings. The summed E-state index contributed by atoms with van der Waals surface area (Å²) >= 11 is 0. The minimum Gasteiger partial charge on any atom is -0.446 e. The van der Waals surface area contributed by atoms with E-state index in [4.69, 9.17) is 4.42 Å². The predicted molar refractivity (Wildman–Crippen MR) is 59.2 cm³/mol. The van der Waals surface area contributed by atoms with Crippen molar-refractivity contribution in [3.8, 4) is 0 Å². The Balaban J connectivity index is 2.16. The van der Waals surface area contributed by atoms with Crippen molar-refractivity contribution in [3.63, 3.8) is 0 Å². The molecule has 82 valence electrons. The van der Waals surface area contributed by atoms with Gasteiger partial charge in [-0.25, -0.2) is 4.98 Å². The molecular weight excluding hydrogens is 202 g/mol. The number of aliphatic hydroxyl groups is 1. The minimum absolute atomic E-state index is 0.628. The number of aromatic nitrogens is 1. The number of hydrogen-bond acceptors (Lipinski definition) is 3. The molecule has 1 aliphatic carbocycles. The molecule has 0 unspecified atom stereocenters. The van der Waals surface area contributed by atoms with Crippen LogP contribution < -0.4 is 0 Å². The molecule has 1 heterocycles. The Morgan fingerprint density at radius 1 is 1.31 bits per heavy atom. The van der Waals surface area contributed by atoms with Gasteiger partial charge in [0.15, 0.2) is 5.89 Å². The lowest BCUT2D eigenvalue weighted by molar-refractivity contribution is 0.214. The smallest absolute Gasteiger partial charge is 0.191 e. The summed E-state index contributed by atoms with van der Waals surface area (Å²) < 4.78 is 5.52. The Kier molecular flexibility index (Phi) is 2.07. The van der Waals surface area contributed by atoms with Gasteiger partial charge in [0.2, 0.25) is 0 Å². The first-order valence-electron chi connectivity index (χ1n) is 5.48. The minimum atomic E-state index is -0.647. The summed E-state index contributed by atoms with van der Waals surface area (Å²) in [7, 11) is 0. The number of nitrogens with zero attached hydrogens (tertiary/aromatic N) is 1. The van der Waals surface area contributed by atoms with Gasteiger partial charge in [0.05, 0.1) is 0 Å². The molecule has 0 amide bonds. The lowest BCUT2D eigenvalue weighted by atomic mass is 10.0. The van der Waals surface area contributed by atoms with Gasteiger partial charge in [0.1, 0.15) is 17.6 Å². The van der Waals surface area contributed by atoms with Crippen molar-refractivity contribution < 1.29 is 9.52 Å². The average Bonchev–Trinajstić information content (AvgIpc) is 2.62.